The molecule has 0 fully saturated rings. The molecule has 0 saturated carbocycles. The summed E-state index contributed by atoms with van der Waals surface area (Å²) in [6, 6.07) is 9.48. The van der Waals surface area contributed by atoms with Crippen molar-refractivity contribution >= 4 is 31.7 Å². The normalized spacial score (nSPS) is 14.6. The maximum Gasteiger partial charge on any atom is 0.287 e. The van der Waals surface area contributed by atoms with Crippen molar-refractivity contribution in [3.63, 3.8) is 0 Å². The third-order valence-electron chi connectivity index (χ3n) is 4.51. The average Bonchev–Trinajstić information content (AvgIpc) is 3.11. The Labute approximate surface area is 167 Å². The number of furan rings is 1. The number of carbonyl (C=O) groups excluding carboxylic acids is 1. The number of sulfone groups is 1. The minimum absolute atomic E-state index is 0.133. The van der Waals surface area contributed by atoms with Crippen LogP contribution in [0.1, 0.15) is 48.4 Å². The Morgan fingerprint density at radius 2 is 1.89 bits per heavy atom. The van der Waals surface area contributed by atoms with Gasteiger partial charge in [0.1, 0.15) is 11.5 Å². The van der Waals surface area contributed by atoms with Crippen LogP contribution >= 0.6 is 15.9 Å². The quantitative estimate of drug-likeness (QED) is 0.622. The van der Waals surface area contributed by atoms with Crippen molar-refractivity contribution in [2.24, 2.45) is 0 Å². The van der Waals surface area contributed by atoms with E-state index in [0.717, 1.165) is 23.7 Å². The van der Waals surface area contributed by atoms with E-state index in [9.17, 15) is 13.2 Å². The van der Waals surface area contributed by atoms with Crippen LogP contribution in [0.15, 0.2) is 61.8 Å². The molecule has 0 saturated heterocycles. The van der Waals surface area contributed by atoms with Crippen LogP contribution in [0.2, 0.25) is 0 Å². The van der Waals surface area contributed by atoms with Gasteiger partial charge in [-0.15, -0.1) is 0 Å². The van der Waals surface area contributed by atoms with Crippen LogP contribution in [-0.2, 0) is 15.6 Å². The van der Waals surface area contributed by atoms with Crippen molar-refractivity contribution in [1.82, 2.24) is 5.32 Å². The van der Waals surface area contributed by atoms with Crippen LogP contribution in [0, 0.1) is 0 Å². The van der Waals surface area contributed by atoms with Gasteiger partial charge in [-0.3, -0.25) is 4.79 Å². The van der Waals surface area contributed by atoms with E-state index in [-0.39, 0.29) is 28.1 Å². The van der Waals surface area contributed by atoms with E-state index < -0.39 is 9.84 Å². The minimum atomic E-state index is -3.53. The second kappa shape index (κ2) is 8.89. The first-order valence-electron chi connectivity index (χ1n) is 8.97. The molecule has 1 aliphatic carbocycles. The van der Waals surface area contributed by atoms with Crippen molar-refractivity contribution in [2.45, 2.75) is 42.8 Å². The predicted octanol–water partition coefficient (Wildman–Crippen LogP) is 4.64. The SMILES string of the molecule is O=C(NCCC1=CCCCC1)c1ccc(CS(=O)(=O)c2ccc(Br)cc2)o1. The molecular weight excluding hydrogens is 430 g/mol. The van der Waals surface area contributed by atoms with Gasteiger partial charge in [-0.1, -0.05) is 27.6 Å². The van der Waals surface area contributed by atoms with Gasteiger partial charge in [0.25, 0.3) is 5.91 Å². The van der Waals surface area contributed by atoms with Gasteiger partial charge in [-0.05, 0) is 68.5 Å². The van der Waals surface area contributed by atoms with Crippen LogP contribution in [0.5, 0.6) is 0 Å². The first kappa shape index (κ1) is 19.9. The first-order valence-corrected chi connectivity index (χ1v) is 11.4. The van der Waals surface area contributed by atoms with Crippen molar-refractivity contribution in [2.75, 3.05) is 6.54 Å². The van der Waals surface area contributed by atoms with E-state index in [2.05, 4.69) is 27.3 Å². The number of amides is 1. The monoisotopic (exact) mass is 451 g/mol. The molecule has 1 heterocycles. The van der Waals surface area contributed by atoms with Gasteiger partial charge >= 0.3 is 0 Å². The summed E-state index contributed by atoms with van der Waals surface area (Å²) in [5, 5.41) is 2.83. The molecule has 1 aromatic heterocycles. The lowest BCUT2D eigenvalue weighted by atomic mass is 9.97. The fourth-order valence-corrected chi connectivity index (χ4v) is 4.56. The molecular formula is C20H22BrNO4S. The molecule has 1 N–H and O–H groups in total. The lowest BCUT2D eigenvalue weighted by molar-refractivity contribution is 0.0925. The van der Waals surface area contributed by atoms with Crippen LogP contribution < -0.4 is 5.32 Å². The number of hydrogen-bond donors (Lipinski definition) is 1. The molecule has 0 unspecified atom stereocenters. The maximum atomic E-state index is 12.5. The van der Waals surface area contributed by atoms with Crippen LogP contribution in [-0.4, -0.2) is 20.9 Å². The molecule has 7 heteroatoms. The molecule has 0 aliphatic heterocycles. The molecule has 3 rings (SSSR count). The molecule has 0 bridgehead atoms. The Balaban J connectivity index is 1.56. The summed E-state index contributed by atoms with van der Waals surface area (Å²) in [4.78, 5) is 12.4. The number of nitrogens with one attached hydrogen (secondary N) is 1. The minimum Gasteiger partial charge on any atom is -0.455 e. The van der Waals surface area contributed by atoms with E-state index in [1.165, 1.54) is 42.7 Å². The third-order valence-corrected chi connectivity index (χ3v) is 6.69. The van der Waals surface area contributed by atoms with Crippen molar-refractivity contribution in [3.8, 4) is 0 Å². The Hall–Kier alpha value is -1.86. The second-order valence-electron chi connectivity index (χ2n) is 6.59. The standard InChI is InChI=1S/C20H22BrNO4S/c21-16-6-9-18(10-7-16)27(24,25)14-17-8-11-19(26-17)20(23)22-13-12-15-4-2-1-3-5-15/h4,6-11H,1-3,5,12-14H2,(H,22,23). The lowest BCUT2D eigenvalue weighted by Crippen LogP contribution is -2.24. The number of benzene rings is 1. The molecule has 0 atom stereocenters. The topological polar surface area (TPSA) is 76.4 Å². The fraction of sp³-hybridized carbons (Fsp3) is 0.350. The highest BCUT2D eigenvalue weighted by Crippen LogP contribution is 2.21. The Kier molecular flexibility index (Phi) is 6.55. The number of halogens is 1. The summed E-state index contributed by atoms with van der Waals surface area (Å²) in [5.74, 6) is -0.222. The third kappa shape index (κ3) is 5.56. The van der Waals surface area contributed by atoms with Gasteiger partial charge in [0, 0.05) is 11.0 Å². The van der Waals surface area contributed by atoms with E-state index in [4.69, 9.17) is 4.42 Å². The van der Waals surface area contributed by atoms with Crippen molar-refractivity contribution in [3.05, 3.63) is 64.0 Å². The molecule has 5 nitrogen and oxygen atoms in total. The summed E-state index contributed by atoms with van der Waals surface area (Å²) in [5.41, 5.74) is 1.39. The first-order chi connectivity index (χ1) is 12.9. The molecule has 0 radical (unpaired) electrons. The van der Waals surface area contributed by atoms with Gasteiger partial charge in [0.15, 0.2) is 15.6 Å². The molecule has 1 aliphatic rings. The Bertz CT molecular complexity index is 929. The zero-order chi connectivity index (χ0) is 19.3. The average molecular weight is 452 g/mol. The number of hydrogen-bond acceptors (Lipinski definition) is 4. The highest BCUT2D eigenvalue weighted by Gasteiger charge is 2.19. The largest absolute Gasteiger partial charge is 0.455 e. The van der Waals surface area contributed by atoms with Crippen LogP contribution in [0.3, 0.4) is 0 Å². The predicted molar refractivity (Wildman–Crippen MR) is 107 cm³/mol. The maximum absolute atomic E-state index is 12.5. The van der Waals surface area contributed by atoms with Crippen molar-refractivity contribution in [1.29, 1.82) is 0 Å². The Morgan fingerprint density at radius 3 is 2.59 bits per heavy atom. The zero-order valence-corrected chi connectivity index (χ0v) is 17.3. The van der Waals surface area contributed by atoms with Gasteiger partial charge in [0.2, 0.25) is 0 Å². The molecule has 1 amide bonds. The van der Waals surface area contributed by atoms with Crippen molar-refractivity contribution < 1.29 is 17.6 Å². The highest BCUT2D eigenvalue weighted by molar-refractivity contribution is 9.10. The molecule has 0 spiro atoms. The summed E-state index contributed by atoms with van der Waals surface area (Å²) in [6.07, 6.45) is 7.79. The molecule has 144 valence electrons. The smallest absolute Gasteiger partial charge is 0.287 e. The van der Waals surface area contributed by atoms with E-state index in [1.807, 2.05) is 0 Å². The van der Waals surface area contributed by atoms with E-state index in [1.54, 1.807) is 12.1 Å². The highest BCUT2D eigenvalue weighted by atomic mass is 79.9. The summed E-state index contributed by atoms with van der Waals surface area (Å²) < 4.78 is 31.2. The van der Waals surface area contributed by atoms with Gasteiger partial charge < -0.3 is 9.73 Å². The number of rotatable bonds is 7. The van der Waals surface area contributed by atoms with Gasteiger partial charge in [-0.25, -0.2) is 8.42 Å². The summed E-state index contributed by atoms with van der Waals surface area (Å²) in [7, 11) is -3.53. The summed E-state index contributed by atoms with van der Waals surface area (Å²) >= 11 is 3.28. The molecule has 2 aromatic rings. The van der Waals surface area contributed by atoms with E-state index >= 15 is 0 Å². The van der Waals surface area contributed by atoms with Crippen LogP contribution in [0.25, 0.3) is 0 Å². The van der Waals surface area contributed by atoms with Gasteiger partial charge in [-0.2, -0.15) is 0 Å². The Morgan fingerprint density at radius 1 is 1.11 bits per heavy atom. The molecule has 27 heavy (non-hydrogen) atoms. The number of carbonyl (C=O) groups is 1. The zero-order valence-electron chi connectivity index (χ0n) is 14.9. The number of allylic oxidation sites excluding steroid dienone is 1. The van der Waals surface area contributed by atoms with Crippen LogP contribution in [0.4, 0.5) is 0 Å². The van der Waals surface area contributed by atoms with E-state index in [0.29, 0.717) is 6.54 Å². The van der Waals surface area contributed by atoms with Gasteiger partial charge in [0.05, 0.1) is 4.90 Å². The lowest BCUT2D eigenvalue weighted by Gasteiger charge is -2.12. The summed E-state index contributed by atoms with van der Waals surface area (Å²) in [6.45, 7) is 0.553. The second-order valence-corrected chi connectivity index (χ2v) is 9.50. The molecule has 1 aromatic carbocycles. The fourth-order valence-electron chi connectivity index (χ4n) is 3.05.